The minimum atomic E-state index is -0.738. The quantitative estimate of drug-likeness (QED) is 0.651. The van der Waals surface area contributed by atoms with Crippen molar-refractivity contribution in [1.82, 2.24) is 5.32 Å². The summed E-state index contributed by atoms with van der Waals surface area (Å²) in [7, 11) is 1.51. The maximum atomic E-state index is 12.6. The molecule has 0 aliphatic heterocycles. The highest BCUT2D eigenvalue weighted by Crippen LogP contribution is 2.36. The highest BCUT2D eigenvalue weighted by Gasteiger charge is 2.32. The third kappa shape index (κ3) is 3.98. The Balaban J connectivity index is 1.80. The number of carbonyl (C=O) groups excluding carboxylic acids is 1. The van der Waals surface area contributed by atoms with Gasteiger partial charge in [-0.15, -0.1) is 0 Å². The molecular formula is C22H28N2O4. The van der Waals surface area contributed by atoms with Gasteiger partial charge in [0.1, 0.15) is 5.75 Å². The second-order valence-corrected chi connectivity index (χ2v) is 8.18. The van der Waals surface area contributed by atoms with E-state index in [1.807, 2.05) is 36.4 Å². The standard InChI is InChI=1S/C22H28N2O4/c1-22(2,3)15-9-14(12-25)20(28-4)18(11-15)24-21(27)23-17-10-13-7-5-6-8-16(13)19(17)26/h5-9,11,17,19,25-26H,10,12H2,1-4H3,(H2,23,24,27)/t17?,19-/m0/s1. The predicted octanol–water partition coefficient (Wildman–Crippen LogP) is 3.26. The smallest absolute Gasteiger partial charge is 0.319 e. The summed E-state index contributed by atoms with van der Waals surface area (Å²) in [5.41, 5.74) is 3.80. The van der Waals surface area contributed by atoms with Gasteiger partial charge in [-0.25, -0.2) is 4.79 Å². The number of hydrogen-bond acceptors (Lipinski definition) is 4. The molecule has 0 fully saturated rings. The summed E-state index contributed by atoms with van der Waals surface area (Å²) in [4.78, 5) is 12.6. The normalized spacial score (nSPS) is 18.5. The van der Waals surface area contributed by atoms with Crippen LogP contribution in [0, 0.1) is 0 Å². The second-order valence-electron chi connectivity index (χ2n) is 8.18. The Bertz CT molecular complexity index is 873. The van der Waals surface area contributed by atoms with E-state index >= 15 is 0 Å². The fraction of sp³-hybridized carbons (Fsp3) is 0.409. The molecule has 4 N–H and O–H groups in total. The Labute approximate surface area is 165 Å². The van der Waals surface area contributed by atoms with Crippen LogP contribution in [0.5, 0.6) is 5.75 Å². The molecule has 0 saturated carbocycles. The number of anilines is 1. The fourth-order valence-electron chi connectivity index (χ4n) is 3.60. The predicted molar refractivity (Wildman–Crippen MR) is 109 cm³/mol. The molecular weight excluding hydrogens is 356 g/mol. The Morgan fingerprint density at radius 1 is 1.25 bits per heavy atom. The molecule has 150 valence electrons. The highest BCUT2D eigenvalue weighted by atomic mass is 16.5. The van der Waals surface area contributed by atoms with Gasteiger partial charge in [0.25, 0.3) is 0 Å². The molecule has 0 radical (unpaired) electrons. The average molecular weight is 384 g/mol. The minimum absolute atomic E-state index is 0.160. The van der Waals surface area contributed by atoms with Gasteiger partial charge < -0.3 is 25.6 Å². The lowest BCUT2D eigenvalue weighted by atomic mass is 9.85. The Hall–Kier alpha value is -2.57. The fourth-order valence-corrected chi connectivity index (χ4v) is 3.60. The topological polar surface area (TPSA) is 90.8 Å². The van der Waals surface area contributed by atoms with Crippen molar-refractivity contribution < 1.29 is 19.7 Å². The van der Waals surface area contributed by atoms with Gasteiger partial charge in [-0.3, -0.25) is 0 Å². The molecule has 0 aromatic heterocycles. The zero-order chi connectivity index (χ0) is 20.5. The number of nitrogens with one attached hydrogen (secondary N) is 2. The number of carbonyl (C=O) groups is 1. The van der Waals surface area contributed by atoms with E-state index in [9.17, 15) is 15.0 Å². The first-order valence-corrected chi connectivity index (χ1v) is 9.40. The summed E-state index contributed by atoms with van der Waals surface area (Å²) >= 11 is 0. The van der Waals surface area contributed by atoms with Crippen LogP contribution in [-0.2, 0) is 18.4 Å². The molecule has 2 atom stereocenters. The van der Waals surface area contributed by atoms with E-state index in [0.29, 0.717) is 23.4 Å². The first-order valence-electron chi connectivity index (χ1n) is 9.40. The van der Waals surface area contributed by atoms with E-state index in [2.05, 4.69) is 31.4 Å². The first kappa shape index (κ1) is 20.2. The summed E-state index contributed by atoms with van der Waals surface area (Å²) < 4.78 is 5.43. The van der Waals surface area contributed by atoms with Crippen molar-refractivity contribution >= 4 is 11.7 Å². The lowest BCUT2D eigenvalue weighted by Gasteiger charge is -2.24. The number of amides is 2. The maximum Gasteiger partial charge on any atom is 0.319 e. The van der Waals surface area contributed by atoms with Gasteiger partial charge in [0.15, 0.2) is 0 Å². The van der Waals surface area contributed by atoms with E-state index in [0.717, 1.165) is 16.7 Å². The number of benzene rings is 2. The van der Waals surface area contributed by atoms with Gasteiger partial charge >= 0.3 is 6.03 Å². The van der Waals surface area contributed by atoms with Crippen LogP contribution in [0.2, 0.25) is 0 Å². The van der Waals surface area contributed by atoms with Crippen LogP contribution in [0.15, 0.2) is 36.4 Å². The van der Waals surface area contributed by atoms with Crippen LogP contribution >= 0.6 is 0 Å². The number of fused-ring (bicyclic) bond motifs is 1. The van der Waals surface area contributed by atoms with E-state index < -0.39 is 18.2 Å². The molecule has 2 amide bonds. The van der Waals surface area contributed by atoms with Gasteiger partial charge in [-0.2, -0.15) is 0 Å². The third-order valence-corrected chi connectivity index (χ3v) is 5.17. The summed E-state index contributed by atoms with van der Waals surface area (Å²) in [6.07, 6.45) is -0.163. The van der Waals surface area contributed by atoms with E-state index in [4.69, 9.17) is 4.74 Å². The zero-order valence-electron chi connectivity index (χ0n) is 16.7. The Morgan fingerprint density at radius 2 is 1.96 bits per heavy atom. The number of aliphatic hydroxyl groups excluding tert-OH is 2. The molecule has 1 aliphatic carbocycles. The summed E-state index contributed by atoms with van der Waals surface area (Å²) in [6.45, 7) is 5.99. The number of rotatable bonds is 4. The number of aliphatic hydroxyl groups is 2. The summed E-state index contributed by atoms with van der Waals surface area (Å²) in [6, 6.07) is 10.6. The molecule has 0 saturated heterocycles. The summed E-state index contributed by atoms with van der Waals surface area (Å²) in [5.74, 6) is 0.431. The van der Waals surface area contributed by atoms with Crippen molar-refractivity contribution in [1.29, 1.82) is 0 Å². The molecule has 2 aromatic rings. The van der Waals surface area contributed by atoms with Gasteiger partial charge in [0.2, 0.25) is 0 Å². The van der Waals surface area contributed by atoms with Crippen molar-refractivity contribution in [3.8, 4) is 5.75 Å². The molecule has 6 nitrogen and oxygen atoms in total. The Morgan fingerprint density at radius 3 is 2.57 bits per heavy atom. The molecule has 28 heavy (non-hydrogen) atoms. The molecule has 2 aromatic carbocycles. The van der Waals surface area contributed by atoms with Crippen LogP contribution in [0.1, 0.15) is 49.1 Å². The highest BCUT2D eigenvalue weighted by molar-refractivity contribution is 5.92. The SMILES string of the molecule is COc1c(CO)cc(C(C)(C)C)cc1NC(=O)NC1Cc2ccccc2[C@@H]1O. The second kappa shape index (κ2) is 7.81. The van der Waals surface area contributed by atoms with Crippen LogP contribution in [-0.4, -0.2) is 29.4 Å². The number of hydrogen-bond donors (Lipinski definition) is 4. The average Bonchev–Trinajstić information content (AvgIpc) is 2.96. The third-order valence-electron chi connectivity index (χ3n) is 5.17. The Kier molecular flexibility index (Phi) is 5.63. The van der Waals surface area contributed by atoms with Crippen LogP contribution in [0.25, 0.3) is 0 Å². The van der Waals surface area contributed by atoms with Gasteiger partial charge in [-0.05, 0) is 40.7 Å². The molecule has 3 rings (SSSR count). The van der Waals surface area contributed by atoms with Crippen molar-refractivity contribution in [2.45, 2.75) is 51.4 Å². The van der Waals surface area contributed by atoms with Crippen molar-refractivity contribution in [3.63, 3.8) is 0 Å². The number of ether oxygens (including phenoxy) is 1. The monoisotopic (exact) mass is 384 g/mol. The number of urea groups is 1. The van der Waals surface area contributed by atoms with Crippen LogP contribution < -0.4 is 15.4 Å². The molecule has 0 heterocycles. The largest absolute Gasteiger partial charge is 0.494 e. The molecule has 1 aliphatic rings. The molecule has 1 unspecified atom stereocenters. The van der Waals surface area contributed by atoms with Gasteiger partial charge in [-0.1, -0.05) is 45.0 Å². The lowest BCUT2D eigenvalue weighted by Crippen LogP contribution is -2.40. The van der Waals surface area contributed by atoms with Gasteiger partial charge in [0.05, 0.1) is 31.5 Å². The first-order chi connectivity index (χ1) is 13.2. The zero-order valence-corrected chi connectivity index (χ0v) is 16.7. The minimum Gasteiger partial charge on any atom is -0.494 e. The van der Waals surface area contributed by atoms with Crippen LogP contribution in [0.3, 0.4) is 0 Å². The lowest BCUT2D eigenvalue weighted by molar-refractivity contribution is 0.145. The van der Waals surface area contributed by atoms with Crippen molar-refractivity contribution in [3.05, 3.63) is 58.7 Å². The van der Waals surface area contributed by atoms with Crippen LogP contribution in [0.4, 0.5) is 10.5 Å². The van der Waals surface area contributed by atoms with E-state index in [1.165, 1.54) is 7.11 Å². The van der Waals surface area contributed by atoms with Gasteiger partial charge in [0, 0.05) is 5.56 Å². The number of methoxy groups -OCH3 is 1. The maximum absolute atomic E-state index is 12.6. The van der Waals surface area contributed by atoms with E-state index in [1.54, 1.807) is 0 Å². The van der Waals surface area contributed by atoms with Crippen molar-refractivity contribution in [2.75, 3.05) is 12.4 Å². The molecule has 0 bridgehead atoms. The summed E-state index contributed by atoms with van der Waals surface area (Å²) in [5, 5.41) is 25.9. The molecule has 0 spiro atoms. The molecule has 6 heteroatoms. The van der Waals surface area contributed by atoms with E-state index in [-0.39, 0.29) is 12.0 Å². The van der Waals surface area contributed by atoms with Crippen molar-refractivity contribution in [2.24, 2.45) is 0 Å².